The van der Waals surface area contributed by atoms with Gasteiger partial charge in [0.2, 0.25) is 5.89 Å². The van der Waals surface area contributed by atoms with Gasteiger partial charge in [0.05, 0.1) is 4.90 Å². The molecular formula is C15H13NO3S. The van der Waals surface area contributed by atoms with Crippen molar-refractivity contribution in [1.29, 1.82) is 0 Å². The zero-order chi connectivity index (χ0) is 14.3. The zero-order valence-corrected chi connectivity index (χ0v) is 11.9. The van der Waals surface area contributed by atoms with Crippen LogP contribution < -0.4 is 0 Å². The molecule has 3 aromatic rings. The summed E-state index contributed by atoms with van der Waals surface area (Å²) in [6.45, 7) is 2.01. The molecule has 0 atom stereocenters. The monoisotopic (exact) mass is 287 g/mol. The van der Waals surface area contributed by atoms with E-state index >= 15 is 0 Å². The van der Waals surface area contributed by atoms with Gasteiger partial charge in [0.15, 0.2) is 15.4 Å². The predicted octanol–water partition coefficient (Wildman–Crippen LogP) is 3.21. The number of hydrogen-bond donors (Lipinski definition) is 0. The molecule has 0 fully saturated rings. The van der Waals surface area contributed by atoms with Crippen LogP contribution in [0.25, 0.3) is 22.6 Å². The van der Waals surface area contributed by atoms with Gasteiger partial charge in [-0.2, -0.15) is 0 Å². The largest absolute Gasteiger partial charge is 0.436 e. The summed E-state index contributed by atoms with van der Waals surface area (Å²) in [6.07, 6.45) is 1.18. The molecular weight excluding hydrogens is 274 g/mol. The molecule has 0 saturated heterocycles. The first-order valence-corrected chi connectivity index (χ1v) is 8.00. The van der Waals surface area contributed by atoms with Gasteiger partial charge in [-0.25, -0.2) is 13.4 Å². The van der Waals surface area contributed by atoms with Gasteiger partial charge in [0.1, 0.15) is 5.52 Å². The molecule has 0 amide bonds. The maximum atomic E-state index is 11.5. The summed E-state index contributed by atoms with van der Waals surface area (Å²) >= 11 is 0. The Balaban J connectivity index is 2.13. The number of nitrogens with zero attached hydrogens (tertiary/aromatic N) is 1. The minimum Gasteiger partial charge on any atom is -0.436 e. The fraction of sp³-hybridized carbons (Fsp3) is 0.133. The Labute approximate surface area is 117 Å². The van der Waals surface area contributed by atoms with Crippen molar-refractivity contribution in [2.24, 2.45) is 0 Å². The highest BCUT2D eigenvalue weighted by Crippen LogP contribution is 2.26. The molecule has 1 aromatic heterocycles. The molecule has 0 bridgehead atoms. The summed E-state index contributed by atoms with van der Waals surface area (Å²) in [4.78, 5) is 4.60. The number of hydrogen-bond acceptors (Lipinski definition) is 4. The molecule has 0 aliphatic heterocycles. The van der Waals surface area contributed by atoms with E-state index in [0.29, 0.717) is 17.0 Å². The minimum atomic E-state index is -3.24. The number of fused-ring (bicyclic) bond motifs is 1. The van der Waals surface area contributed by atoms with E-state index in [0.717, 1.165) is 11.1 Å². The summed E-state index contributed by atoms with van der Waals surface area (Å²) < 4.78 is 28.7. The van der Waals surface area contributed by atoms with Gasteiger partial charge in [0.25, 0.3) is 0 Å². The first-order valence-electron chi connectivity index (χ1n) is 6.11. The van der Waals surface area contributed by atoms with E-state index in [2.05, 4.69) is 4.98 Å². The first-order chi connectivity index (χ1) is 9.43. The molecule has 102 valence electrons. The van der Waals surface area contributed by atoms with Crippen LogP contribution in [0.4, 0.5) is 0 Å². The van der Waals surface area contributed by atoms with Gasteiger partial charge in [-0.1, -0.05) is 17.7 Å². The second kappa shape index (κ2) is 4.45. The number of aromatic nitrogens is 1. The topological polar surface area (TPSA) is 60.2 Å². The van der Waals surface area contributed by atoms with E-state index in [1.54, 1.807) is 6.07 Å². The summed E-state index contributed by atoms with van der Waals surface area (Å²) in [6, 6.07) is 12.5. The lowest BCUT2D eigenvalue weighted by Gasteiger charge is -1.95. The number of oxazole rings is 1. The normalized spacial score (nSPS) is 11.9. The van der Waals surface area contributed by atoms with Crippen LogP contribution in [-0.2, 0) is 9.84 Å². The van der Waals surface area contributed by atoms with Crippen molar-refractivity contribution in [3.63, 3.8) is 0 Å². The highest BCUT2D eigenvalue weighted by Gasteiger charge is 2.12. The lowest BCUT2D eigenvalue weighted by molar-refractivity contribution is 0.602. The number of benzene rings is 2. The Morgan fingerprint density at radius 1 is 1.05 bits per heavy atom. The maximum absolute atomic E-state index is 11.5. The molecule has 2 aromatic carbocycles. The molecule has 0 aliphatic carbocycles. The molecule has 4 nitrogen and oxygen atoms in total. The molecule has 3 rings (SSSR count). The van der Waals surface area contributed by atoms with E-state index < -0.39 is 9.84 Å². The molecule has 0 spiro atoms. The summed E-state index contributed by atoms with van der Waals surface area (Å²) in [5, 5.41) is 0. The van der Waals surface area contributed by atoms with Gasteiger partial charge in [-0.15, -0.1) is 0 Å². The van der Waals surface area contributed by atoms with Gasteiger partial charge < -0.3 is 4.42 Å². The molecule has 0 radical (unpaired) electrons. The minimum absolute atomic E-state index is 0.244. The maximum Gasteiger partial charge on any atom is 0.227 e. The van der Waals surface area contributed by atoms with Crippen molar-refractivity contribution in [2.45, 2.75) is 11.8 Å². The molecule has 0 unspecified atom stereocenters. The van der Waals surface area contributed by atoms with Crippen molar-refractivity contribution in [3.05, 3.63) is 48.0 Å². The summed E-state index contributed by atoms with van der Waals surface area (Å²) in [5.41, 5.74) is 3.15. The third-order valence-corrected chi connectivity index (χ3v) is 4.20. The Bertz CT molecular complexity index is 877. The van der Waals surface area contributed by atoms with Crippen LogP contribution in [0.2, 0.25) is 0 Å². The second-order valence-corrected chi connectivity index (χ2v) is 6.80. The van der Waals surface area contributed by atoms with Gasteiger partial charge >= 0.3 is 0 Å². The smallest absolute Gasteiger partial charge is 0.227 e. The second-order valence-electron chi connectivity index (χ2n) is 4.79. The first kappa shape index (κ1) is 12.9. The van der Waals surface area contributed by atoms with Gasteiger partial charge in [-0.3, -0.25) is 0 Å². The molecule has 20 heavy (non-hydrogen) atoms. The Morgan fingerprint density at radius 2 is 1.75 bits per heavy atom. The van der Waals surface area contributed by atoms with E-state index in [4.69, 9.17) is 4.42 Å². The third kappa shape index (κ3) is 2.32. The Kier molecular flexibility index (Phi) is 2.87. The van der Waals surface area contributed by atoms with Crippen molar-refractivity contribution in [2.75, 3.05) is 6.26 Å². The third-order valence-electron chi connectivity index (χ3n) is 3.09. The van der Waals surface area contributed by atoms with Crippen molar-refractivity contribution >= 4 is 20.9 Å². The Morgan fingerprint density at radius 3 is 2.40 bits per heavy atom. The Hall–Kier alpha value is -2.14. The zero-order valence-electron chi connectivity index (χ0n) is 11.1. The molecule has 0 N–H and O–H groups in total. The number of sulfone groups is 1. The predicted molar refractivity (Wildman–Crippen MR) is 77.3 cm³/mol. The molecule has 1 heterocycles. The highest BCUT2D eigenvalue weighted by molar-refractivity contribution is 7.90. The molecule has 0 saturated carbocycles. The van der Waals surface area contributed by atoms with E-state index in [1.165, 1.54) is 18.4 Å². The van der Waals surface area contributed by atoms with Crippen LogP contribution in [0.15, 0.2) is 51.8 Å². The lowest BCUT2D eigenvalue weighted by Crippen LogP contribution is -1.95. The van der Waals surface area contributed by atoms with E-state index in [-0.39, 0.29) is 4.90 Å². The molecule has 0 aliphatic rings. The summed E-state index contributed by atoms with van der Waals surface area (Å²) in [5.74, 6) is 0.491. The highest BCUT2D eigenvalue weighted by atomic mass is 32.2. The van der Waals surface area contributed by atoms with Crippen molar-refractivity contribution < 1.29 is 12.8 Å². The molecule has 5 heteroatoms. The van der Waals surface area contributed by atoms with Crippen LogP contribution >= 0.6 is 0 Å². The standard InChI is InChI=1S/C15H13NO3S/c1-10-3-5-11(6-4-10)15-16-13-9-12(20(2,17)18)7-8-14(13)19-15/h3-9H,1-2H3. The fourth-order valence-electron chi connectivity index (χ4n) is 1.96. The van der Waals surface area contributed by atoms with Gasteiger partial charge in [-0.05, 0) is 37.3 Å². The van der Waals surface area contributed by atoms with Crippen LogP contribution in [0, 0.1) is 6.92 Å². The van der Waals surface area contributed by atoms with Gasteiger partial charge in [0, 0.05) is 11.8 Å². The average molecular weight is 287 g/mol. The van der Waals surface area contributed by atoms with E-state index in [9.17, 15) is 8.42 Å². The van der Waals surface area contributed by atoms with E-state index in [1.807, 2.05) is 31.2 Å². The van der Waals surface area contributed by atoms with Crippen LogP contribution in [0.5, 0.6) is 0 Å². The van der Waals surface area contributed by atoms with Crippen molar-refractivity contribution in [3.8, 4) is 11.5 Å². The van der Waals surface area contributed by atoms with Crippen molar-refractivity contribution in [1.82, 2.24) is 4.98 Å². The van der Waals surface area contributed by atoms with Crippen LogP contribution in [0.3, 0.4) is 0 Å². The number of rotatable bonds is 2. The lowest BCUT2D eigenvalue weighted by atomic mass is 10.1. The van der Waals surface area contributed by atoms with Crippen LogP contribution in [0.1, 0.15) is 5.56 Å². The van der Waals surface area contributed by atoms with Crippen LogP contribution in [-0.4, -0.2) is 19.7 Å². The number of aryl methyl sites for hydroxylation is 1. The quantitative estimate of drug-likeness (QED) is 0.726. The summed E-state index contributed by atoms with van der Waals surface area (Å²) in [7, 11) is -3.24. The average Bonchev–Trinajstić information content (AvgIpc) is 2.81. The fourth-order valence-corrected chi connectivity index (χ4v) is 2.60. The SMILES string of the molecule is Cc1ccc(-c2nc3cc(S(C)(=O)=O)ccc3o2)cc1.